The van der Waals surface area contributed by atoms with Gasteiger partial charge in [0.15, 0.2) is 0 Å². The molecule has 3 rings (SSSR count). The molecule has 18 heavy (non-hydrogen) atoms. The number of benzene rings is 2. The van der Waals surface area contributed by atoms with E-state index in [1.807, 2.05) is 18.2 Å². The standard InChI is InChI=1S/C16H12Cl.Zr/c1-11-8-12-5-3-7-15(16(12)9-11)13-4-2-6-14(17)10-13;/h2-10H,1H3;/q-1;. The molecule has 0 amide bonds. The molecule has 2 heteroatoms. The van der Waals surface area contributed by atoms with Crippen LogP contribution in [0.25, 0.3) is 21.9 Å². The summed E-state index contributed by atoms with van der Waals surface area (Å²) in [7, 11) is 0. The van der Waals surface area contributed by atoms with Crippen molar-refractivity contribution in [3.63, 3.8) is 0 Å². The van der Waals surface area contributed by atoms with Gasteiger partial charge in [0.25, 0.3) is 0 Å². The Morgan fingerprint density at radius 2 is 1.78 bits per heavy atom. The van der Waals surface area contributed by atoms with E-state index in [1.165, 1.54) is 27.5 Å². The Morgan fingerprint density at radius 1 is 1.00 bits per heavy atom. The molecule has 0 aliphatic rings. The fraction of sp³-hybridized carbons (Fsp3) is 0.0625. The minimum atomic E-state index is 0. The van der Waals surface area contributed by atoms with E-state index in [2.05, 4.69) is 43.3 Å². The SMILES string of the molecule is Cc1cc2c(-c3cccc(Cl)c3)cccc2[cH-]1.[Zr]. The molecule has 0 radical (unpaired) electrons. The predicted molar refractivity (Wildman–Crippen MR) is 74.7 cm³/mol. The number of hydrogen-bond donors (Lipinski definition) is 0. The van der Waals surface area contributed by atoms with Gasteiger partial charge in [0.2, 0.25) is 0 Å². The van der Waals surface area contributed by atoms with E-state index in [1.54, 1.807) is 0 Å². The summed E-state index contributed by atoms with van der Waals surface area (Å²) in [4.78, 5) is 0. The van der Waals surface area contributed by atoms with Crippen LogP contribution in [-0.4, -0.2) is 0 Å². The maximum atomic E-state index is 6.05. The predicted octanol–water partition coefficient (Wildman–Crippen LogP) is 5.19. The van der Waals surface area contributed by atoms with Crippen LogP contribution in [-0.2, 0) is 26.2 Å². The van der Waals surface area contributed by atoms with Crippen LogP contribution in [0.15, 0.2) is 54.6 Å². The molecule has 0 saturated heterocycles. The van der Waals surface area contributed by atoms with E-state index in [0.717, 1.165) is 5.02 Å². The number of fused-ring (bicyclic) bond motifs is 1. The van der Waals surface area contributed by atoms with Crippen molar-refractivity contribution in [2.45, 2.75) is 6.92 Å². The van der Waals surface area contributed by atoms with Crippen LogP contribution in [0.1, 0.15) is 5.56 Å². The summed E-state index contributed by atoms with van der Waals surface area (Å²) in [5.41, 5.74) is 3.72. The fourth-order valence-electron chi connectivity index (χ4n) is 2.29. The van der Waals surface area contributed by atoms with Crippen LogP contribution in [0, 0.1) is 6.92 Å². The van der Waals surface area contributed by atoms with Gasteiger partial charge in [0, 0.05) is 31.2 Å². The van der Waals surface area contributed by atoms with Crippen molar-refractivity contribution < 1.29 is 26.2 Å². The second-order valence-corrected chi connectivity index (χ2v) is 4.79. The van der Waals surface area contributed by atoms with E-state index in [4.69, 9.17) is 11.6 Å². The Morgan fingerprint density at radius 3 is 2.56 bits per heavy atom. The first-order valence-corrected chi connectivity index (χ1v) is 6.04. The third-order valence-electron chi connectivity index (χ3n) is 3.03. The topological polar surface area (TPSA) is 0 Å². The van der Waals surface area contributed by atoms with Crippen molar-refractivity contribution in [1.29, 1.82) is 0 Å². The summed E-state index contributed by atoms with van der Waals surface area (Å²) in [6, 6.07) is 18.8. The van der Waals surface area contributed by atoms with Gasteiger partial charge in [-0.2, -0.15) is 6.07 Å². The zero-order valence-electron chi connectivity index (χ0n) is 10.1. The van der Waals surface area contributed by atoms with Gasteiger partial charge < -0.3 is 0 Å². The average molecular weight is 331 g/mol. The molecule has 0 unspecified atom stereocenters. The minimum Gasteiger partial charge on any atom is -0.165 e. The molecule has 88 valence electrons. The smallest absolute Gasteiger partial charge is 0.0411 e. The maximum Gasteiger partial charge on any atom is 0.0411 e. The van der Waals surface area contributed by atoms with Crippen molar-refractivity contribution >= 4 is 22.4 Å². The summed E-state index contributed by atoms with van der Waals surface area (Å²) in [6.07, 6.45) is 0. The van der Waals surface area contributed by atoms with Gasteiger partial charge in [-0.05, 0) is 17.7 Å². The quantitative estimate of drug-likeness (QED) is 0.539. The summed E-state index contributed by atoms with van der Waals surface area (Å²) in [5, 5.41) is 3.37. The van der Waals surface area contributed by atoms with Gasteiger partial charge in [-0.25, -0.2) is 0 Å². The first-order valence-electron chi connectivity index (χ1n) is 5.66. The van der Waals surface area contributed by atoms with E-state index in [0.29, 0.717) is 0 Å². The number of halogens is 1. The number of hydrogen-bond acceptors (Lipinski definition) is 0. The molecular weight excluding hydrogens is 319 g/mol. The Labute approximate surface area is 131 Å². The monoisotopic (exact) mass is 329 g/mol. The average Bonchev–Trinajstić information content (AvgIpc) is 2.68. The van der Waals surface area contributed by atoms with Crippen molar-refractivity contribution in [3.8, 4) is 11.1 Å². The summed E-state index contributed by atoms with van der Waals surface area (Å²) in [5.74, 6) is 0. The molecule has 0 aliphatic heterocycles. The summed E-state index contributed by atoms with van der Waals surface area (Å²) >= 11 is 6.05. The molecule has 3 aromatic carbocycles. The Kier molecular flexibility index (Phi) is 4.15. The molecule has 0 bridgehead atoms. The largest absolute Gasteiger partial charge is 0.165 e. The molecule has 0 spiro atoms. The third kappa shape index (κ3) is 2.48. The van der Waals surface area contributed by atoms with Crippen molar-refractivity contribution in [2.75, 3.05) is 0 Å². The molecule has 0 aromatic heterocycles. The first-order chi connectivity index (χ1) is 8.24. The second kappa shape index (κ2) is 5.47. The molecule has 0 N–H and O–H groups in total. The van der Waals surface area contributed by atoms with Crippen molar-refractivity contribution in [3.05, 3.63) is 65.2 Å². The molecular formula is C16H12ClZr-. The maximum absolute atomic E-state index is 6.05. The van der Waals surface area contributed by atoms with E-state index >= 15 is 0 Å². The Bertz CT molecular complexity index is 682. The van der Waals surface area contributed by atoms with Gasteiger partial charge in [0.05, 0.1) is 0 Å². The molecule has 0 heterocycles. The van der Waals surface area contributed by atoms with E-state index in [-0.39, 0.29) is 26.2 Å². The molecule has 0 nitrogen and oxygen atoms in total. The van der Waals surface area contributed by atoms with Gasteiger partial charge in [0.1, 0.15) is 0 Å². The van der Waals surface area contributed by atoms with E-state index < -0.39 is 0 Å². The van der Waals surface area contributed by atoms with E-state index in [9.17, 15) is 0 Å². The number of aryl methyl sites for hydroxylation is 1. The zero-order valence-corrected chi connectivity index (χ0v) is 13.3. The van der Waals surface area contributed by atoms with Crippen LogP contribution in [0.2, 0.25) is 5.02 Å². The fourth-order valence-corrected chi connectivity index (χ4v) is 2.48. The Hall–Kier alpha value is -0.777. The van der Waals surface area contributed by atoms with Crippen LogP contribution in [0.5, 0.6) is 0 Å². The van der Waals surface area contributed by atoms with Crippen LogP contribution < -0.4 is 0 Å². The molecule has 0 atom stereocenters. The molecule has 0 aliphatic carbocycles. The normalized spacial score (nSPS) is 10.3. The van der Waals surface area contributed by atoms with Gasteiger partial charge in [-0.3, -0.25) is 0 Å². The molecule has 0 saturated carbocycles. The first kappa shape index (κ1) is 13.7. The Balaban J connectivity index is 0.00000120. The molecule has 0 fully saturated rings. The third-order valence-corrected chi connectivity index (χ3v) is 3.27. The van der Waals surface area contributed by atoms with Gasteiger partial charge in [-0.15, -0.1) is 34.5 Å². The van der Waals surface area contributed by atoms with Crippen LogP contribution >= 0.6 is 11.6 Å². The van der Waals surface area contributed by atoms with Gasteiger partial charge in [-0.1, -0.05) is 42.3 Å². The minimum absolute atomic E-state index is 0. The molecule has 3 aromatic rings. The van der Waals surface area contributed by atoms with Crippen LogP contribution in [0.4, 0.5) is 0 Å². The van der Waals surface area contributed by atoms with Crippen molar-refractivity contribution in [1.82, 2.24) is 0 Å². The van der Waals surface area contributed by atoms with Crippen LogP contribution in [0.3, 0.4) is 0 Å². The van der Waals surface area contributed by atoms with Gasteiger partial charge >= 0.3 is 0 Å². The van der Waals surface area contributed by atoms with Crippen molar-refractivity contribution in [2.24, 2.45) is 0 Å². The summed E-state index contributed by atoms with van der Waals surface area (Å²) < 4.78 is 0. The number of rotatable bonds is 1. The zero-order chi connectivity index (χ0) is 11.8. The second-order valence-electron chi connectivity index (χ2n) is 4.35. The summed E-state index contributed by atoms with van der Waals surface area (Å²) in [6.45, 7) is 2.13.